The van der Waals surface area contributed by atoms with Gasteiger partial charge in [-0.2, -0.15) is 0 Å². The molecule has 0 aliphatic carbocycles. The lowest BCUT2D eigenvalue weighted by Crippen LogP contribution is -2.36. The van der Waals surface area contributed by atoms with Gasteiger partial charge in [-0.15, -0.1) is 0 Å². The van der Waals surface area contributed by atoms with Gasteiger partial charge in [-0.25, -0.2) is 15.0 Å². The van der Waals surface area contributed by atoms with Gasteiger partial charge in [0.25, 0.3) is 0 Å². The number of benzene rings is 1. The number of rotatable bonds is 9. The number of hydrogen-bond acceptors (Lipinski definition) is 10. The van der Waals surface area contributed by atoms with Gasteiger partial charge in [-0.3, -0.25) is 4.79 Å². The van der Waals surface area contributed by atoms with Crippen LogP contribution in [0.2, 0.25) is 10.0 Å². The van der Waals surface area contributed by atoms with E-state index in [0.29, 0.717) is 95.7 Å². The van der Waals surface area contributed by atoms with Crippen LogP contribution in [0.3, 0.4) is 0 Å². The number of piperidine rings is 1. The summed E-state index contributed by atoms with van der Waals surface area (Å²) in [5, 5.41) is 14.8. The van der Waals surface area contributed by atoms with E-state index in [4.69, 9.17) is 47.4 Å². The van der Waals surface area contributed by atoms with Gasteiger partial charge in [0.05, 0.1) is 55.3 Å². The molecule has 2 saturated heterocycles. The molecule has 2 fully saturated rings. The molecule has 0 unspecified atom stereocenters. The van der Waals surface area contributed by atoms with E-state index in [0.717, 1.165) is 5.39 Å². The van der Waals surface area contributed by atoms with Crippen molar-refractivity contribution in [2.75, 3.05) is 50.7 Å². The molecule has 2 aromatic heterocycles. The van der Waals surface area contributed by atoms with Crippen molar-refractivity contribution >= 4 is 51.7 Å². The van der Waals surface area contributed by atoms with Gasteiger partial charge in [-0.05, 0) is 25.0 Å². The van der Waals surface area contributed by atoms with Crippen LogP contribution in [0.1, 0.15) is 19.3 Å². The molecule has 2 atom stereocenters. The van der Waals surface area contributed by atoms with Crippen LogP contribution in [-0.4, -0.2) is 78.5 Å². The minimum Gasteiger partial charge on any atom is -0.495 e. The van der Waals surface area contributed by atoms with Crippen molar-refractivity contribution in [2.45, 2.75) is 31.4 Å². The zero-order valence-corrected chi connectivity index (χ0v) is 23.8. The molecule has 40 heavy (non-hydrogen) atoms. The van der Waals surface area contributed by atoms with Crippen molar-refractivity contribution in [3.8, 4) is 22.8 Å². The largest absolute Gasteiger partial charge is 0.495 e. The molecule has 0 saturated carbocycles. The van der Waals surface area contributed by atoms with Crippen molar-refractivity contribution in [1.29, 1.82) is 0 Å². The highest BCUT2D eigenvalue weighted by Gasteiger charge is 2.31. The van der Waals surface area contributed by atoms with E-state index in [9.17, 15) is 9.90 Å². The number of anilines is 2. The Morgan fingerprint density at radius 3 is 2.52 bits per heavy atom. The maximum atomic E-state index is 12.0. The van der Waals surface area contributed by atoms with Crippen LogP contribution >= 0.6 is 23.2 Å². The molecule has 212 valence electrons. The number of aromatic nitrogens is 3. The van der Waals surface area contributed by atoms with Crippen LogP contribution in [-0.2, 0) is 9.53 Å². The number of nitrogens with zero attached hydrogens (tertiary/aromatic N) is 4. The van der Waals surface area contributed by atoms with Crippen LogP contribution in [0.5, 0.6) is 11.5 Å². The molecule has 0 radical (unpaired) electrons. The van der Waals surface area contributed by atoms with E-state index in [1.54, 1.807) is 12.3 Å². The zero-order valence-electron chi connectivity index (χ0n) is 22.3. The number of allylic oxidation sites excluding steroid dienone is 1. The lowest BCUT2D eigenvalue weighted by Gasteiger charge is -2.31. The lowest BCUT2D eigenvalue weighted by molar-refractivity contribution is -0.115. The second kappa shape index (κ2) is 12.1. The molecule has 0 amide bonds. The maximum Gasteiger partial charge on any atom is 0.223 e. The summed E-state index contributed by atoms with van der Waals surface area (Å²) in [6, 6.07) is 3.34. The van der Waals surface area contributed by atoms with Gasteiger partial charge in [0.2, 0.25) is 5.95 Å². The number of ketones is 1. The average Bonchev–Trinajstić information content (AvgIpc) is 3.39. The summed E-state index contributed by atoms with van der Waals surface area (Å²) in [5.74, 6) is 1.80. The molecule has 5 rings (SSSR count). The minimum atomic E-state index is -0.360. The van der Waals surface area contributed by atoms with Crippen LogP contribution < -0.4 is 19.7 Å². The Hall–Kier alpha value is -3.18. The predicted octanol–water partition coefficient (Wildman–Crippen LogP) is 4.55. The number of aliphatic hydroxyl groups excluding tert-OH is 1. The highest BCUT2D eigenvalue weighted by atomic mass is 35.5. The maximum absolute atomic E-state index is 12.0. The third-order valence-corrected chi connectivity index (χ3v) is 8.10. The third kappa shape index (κ3) is 5.67. The molecule has 10 nitrogen and oxygen atoms in total. The molecule has 4 heterocycles. The van der Waals surface area contributed by atoms with Crippen molar-refractivity contribution in [3.05, 3.63) is 41.0 Å². The Labute approximate surface area is 242 Å². The number of methoxy groups -OCH3 is 2. The van der Waals surface area contributed by atoms with Gasteiger partial charge in [-0.1, -0.05) is 29.8 Å². The van der Waals surface area contributed by atoms with Crippen molar-refractivity contribution in [3.63, 3.8) is 0 Å². The molecule has 0 bridgehead atoms. The number of nitrogens with one attached hydrogen (secondary N) is 1. The van der Waals surface area contributed by atoms with E-state index in [2.05, 4.69) is 21.8 Å². The van der Waals surface area contributed by atoms with Crippen molar-refractivity contribution < 1.29 is 24.1 Å². The van der Waals surface area contributed by atoms with E-state index < -0.39 is 0 Å². The summed E-state index contributed by atoms with van der Waals surface area (Å²) in [6.07, 6.45) is 4.25. The molecule has 12 heteroatoms. The Bertz CT molecular complexity index is 1400. The molecular formula is C28H31Cl2N5O5. The zero-order chi connectivity index (χ0) is 28.4. The first kappa shape index (κ1) is 28.4. The molecule has 1 aromatic carbocycles. The first-order valence-corrected chi connectivity index (χ1v) is 13.8. The van der Waals surface area contributed by atoms with Gasteiger partial charge in [0, 0.05) is 48.6 Å². The van der Waals surface area contributed by atoms with Crippen LogP contribution in [0, 0.1) is 5.92 Å². The average molecular weight is 588 g/mol. The highest BCUT2D eigenvalue weighted by molar-refractivity contribution is 6.41. The Balaban J connectivity index is 1.59. The molecule has 2 N–H and O–H groups in total. The summed E-state index contributed by atoms with van der Waals surface area (Å²) in [7, 11) is 3.04. The molecule has 2 aliphatic heterocycles. The number of fused-ring (bicyclic) bond motifs is 1. The van der Waals surface area contributed by atoms with E-state index in [-0.39, 0.29) is 23.8 Å². The number of carbonyl (C=O) groups is 1. The summed E-state index contributed by atoms with van der Waals surface area (Å²) in [5.41, 5.74) is 1.62. The van der Waals surface area contributed by atoms with Gasteiger partial charge < -0.3 is 29.5 Å². The van der Waals surface area contributed by atoms with E-state index >= 15 is 0 Å². The number of hydrogen-bond donors (Lipinski definition) is 2. The fourth-order valence-electron chi connectivity index (χ4n) is 5.10. The number of aliphatic hydroxyl groups is 1. The van der Waals surface area contributed by atoms with E-state index in [1.165, 1.54) is 20.3 Å². The second-order valence-electron chi connectivity index (χ2n) is 9.89. The summed E-state index contributed by atoms with van der Waals surface area (Å²) < 4.78 is 16.6. The Morgan fingerprint density at radius 2 is 1.88 bits per heavy atom. The van der Waals surface area contributed by atoms with Crippen LogP contribution in [0.15, 0.2) is 31.0 Å². The lowest BCUT2D eigenvalue weighted by atomic mass is 9.97. The fraction of sp³-hybridized carbons (Fsp3) is 0.429. The third-order valence-electron chi connectivity index (χ3n) is 7.35. The molecule has 2 aliphatic rings. The van der Waals surface area contributed by atoms with Gasteiger partial charge in [0.1, 0.15) is 17.0 Å². The minimum absolute atomic E-state index is 0.0133. The summed E-state index contributed by atoms with van der Waals surface area (Å²) in [4.78, 5) is 28.5. The quantitative estimate of drug-likeness (QED) is 0.345. The standard InChI is InChI=1S/C28H31Cl2N5O5/c1-4-17(36)9-16-13-40-14-20(16)33-28-31-12-15-10-19(23-24(29)21(38-2)11-22(39-3)25(23)30)32-27(26(15)34-28)35-7-5-18(37)6-8-35/h4,10-12,16,18,20,37H,1,5-9,13-14H2,2-3H3,(H,31,33,34)/t16-,20+/m0/s1. The first-order chi connectivity index (χ1) is 19.3. The monoisotopic (exact) mass is 587 g/mol. The summed E-state index contributed by atoms with van der Waals surface area (Å²) >= 11 is 13.5. The van der Waals surface area contributed by atoms with Crippen molar-refractivity contribution in [2.24, 2.45) is 5.92 Å². The predicted molar refractivity (Wildman–Crippen MR) is 155 cm³/mol. The van der Waals surface area contributed by atoms with Crippen LogP contribution in [0.25, 0.3) is 22.2 Å². The summed E-state index contributed by atoms with van der Waals surface area (Å²) in [6.45, 7) is 5.69. The van der Waals surface area contributed by atoms with E-state index in [1.807, 2.05) is 6.07 Å². The molecule has 3 aromatic rings. The molecular weight excluding hydrogens is 557 g/mol. The number of pyridine rings is 1. The number of halogens is 2. The number of ether oxygens (including phenoxy) is 3. The highest BCUT2D eigenvalue weighted by Crippen LogP contribution is 2.46. The Kier molecular flexibility index (Phi) is 8.60. The SMILES string of the molecule is C=CC(=O)C[C@H]1COC[C@H]1Nc1ncc2cc(-c3c(Cl)c(OC)cc(OC)c3Cl)nc(N3CCC(O)CC3)c2n1. The molecule has 0 spiro atoms. The number of carbonyl (C=O) groups excluding carboxylic acids is 1. The normalized spacial score (nSPS) is 19.6. The topological polar surface area (TPSA) is 119 Å². The smallest absolute Gasteiger partial charge is 0.223 e. The van der Waals surface area contributed by atoms with Crippen LogP contribution in [0.4, 0.5) is 11.8 Å². The van der Waals surface area contributed by atoms with Crippen molar-refractivity contribution in [1.82, 2.24) is 15.0 Å². The van der Waals surface area contributed by atoms with Gasteiger partial charge >= 0.3 is 0 Å². The Morgan fingerprint density at radius 1 is 1.18 bits per heavy atom. The first-order valence-electron chi connectivity index (χ1n) is 13.0. The van der Waals surface area contributed by atoms with Gasteiger partial charge in [0.15, 0.2) is 11.6 Å². The fourth-order valence-corrected chi connectivity index (χ4v) is 5.79. The second-order valence-corrected chi connectivity index (χ2v) is 10.6.